The number of benzene rings is 2. The van der Waals surface area contributed by atoms with Crippen LogP contribution >= 0.6 is 0 Å². The number of carbonyl (C=O) groups excluding carboxylic acids is 1. The Bertz CT molecular complexity index is 810. The SMILES string of the molecule is O=C(NC1CCCC1)c1ccccc1CS(=O)(=O)c1ccccc1. The molecular formula is C19H21NO3S. The van der Waals surface area contributed by atoms with Gasteiger partial charge in [-0.25, -0.2) is 8.42 Å². The molecule has 0 atom stereocenters. The van der Waals surface area contributed by atoms with Crippen molar-refractivity contribution < 1.29 is 13.2 Å². The lowest BCUT2D eigenvalue weighted by molar-refractivity contribution is 0.0937. The Morgan fingerprint density at radius 1 is 0.958 bits per heavy atom. The van der Waals surface area contributed by atoms with Crippen molar-refractivity contribution in [3.63, 3.8) is 0 Å². The summed E-state index contributed by atoms with van der Waals surface area (Å²) in [6.07, 6.45) is 4.26. The molecule has 24 heavy (non-hydrogen) atoms. The zero-order chi connectivity index (χ0) is 17.0. The number of hydrogen-bond acceptors (Lipinski definition) is 3. The fourth-order valence-electron chi connectivity index (χ4n) is 3.12. The van der Waals surface area contributed by atoms with Crippen LogP contribution in [0.2, 0.25) is 0 Å². The van der Waals surface area contributed by atoms with Crippen LogP contribution in [0.15, 0.2) is 59.5 Å². The van der Waals surface area contributed by atoms with Crippen molar-refractivity contribution in [2.24, 2.45) is 0 Å². The highest BCUT2D eigenvalue weighted by Crippen LogP contribution is 2.21. The molecule has 1 aliphatic carbocycles. The molecule has 2 aromatic carbocycles. The zero-order valence-electron chi connectivity index (χ0n) is 13.4. The summed E-state index contributed by atoms with van der Waals surface area (Å²) < 4.78 is 25.2. The van der Waals surface area contributed by atoms with Crippen molar-refractivity contribution in [1.29, 1.82) is 0 Å². The van der Waals surface area contributed by atoms with E-state index in [1.807, 2.05) is 0 Å². The van der Waals surface area contributed by atoms with E-state index in [1.54, 1.807) is 54.6 Å². The van der Waals surface area contributed by atoms with E-state index in [0.717, 1.165) is 25.7 Å². The molecule has 0 aromatic heterocycles. The second kappa shape index (κ2) is 7.18. The van der Waals surface area contributed by atoms with Crippen LogP contribution in [-0.2, 0) is 15.6 Å². The first-order chi connectivity index (χ1) is 11.6. The summed E-state index contributed by atoms with van der Waals surface area (Å²) >= 11 is 0. The van der Waals surface area contributed by atoms with Gasteiger partial charge in [0, 0.05) is 11.6 Å². The van der Waals surface area contributed by atoms with Crippen LogP contribution in [0.5, 0.6) is 0 Å². The van der Waals surface area contributed by atoms with E-state index in [4.69, 9.17) is 0 Å². The van der Waals surface area contributed by atoms with E-state index in [-0.39, 0.29) is 22.6 Å². The van der Waals surface area contributed by atoms with Gasteiger partial charge in [-0.3, -0.25) is 4.79 Å². The van der Waals surface area contributed by atoms with Gasteiger partial charge in [0.1, 0.15) is 0 Å². The third-order valence-electron chi connectivity index (χ3n) is 4.40. The molecule has 0 bridgehead atoms. The van der Waals surface area contributed by atoms with Crippen LogP contribution in [0.3, 0.4) is 0 Å². The molecule has 1 fully saturated rings. The molecule has 2 aromatic rings. The second-order valence-electron chi connectivity index (χ2n) is 6.18. The minimum Gasteiger partial charge on any atom is -0.349 e. The first-order valence-electron chi connectivity index (χ1n) is 8.23. The zero-order valence-corrected chi connectivity index (χ0v) is 14.3. The summed E-state index contributed by atoms with van der Waals surface area (Å²) in [6.45, 7) is 0. The van der Waals surface area contributed by atoms with E-state index in [0.29, 0.717) is 11.1 Å². The maximum atomic E-state index is 12.6. The van der Waals surface area contributed by atoms with Gasteiger partial charge in [-0.2, -0.15) is 0 Å². The first-order valence-corrected chi connectivity index (χ1v) is 9.88. The van der Waals surface area contributed by atoms with Gasteiger partial charge in [0.2, 0.25) is 0 Å². The summed E-state index contributed by atoms with van der Waals surface area (Å²) in [6, 6.07) is 15.5. The van der Waals surface area contributed by atoms with Crippen LogP contribution in [0, 0.1) is 0 Å². The first kappa shape index (κ1) is 16.7. The molecule has 0 spiro atoms. The summed E-state index contributed by atoms with van der Waals surface area (Å²) in [5, 5.41) is 3.03. The van der Waals surface area contributed by atoms with Crippen molar-refractivity contribution in [3.8, 4) is 0 Å². The number of hydrogen-bond donors (Lipinski definition) is 1. The molecule has 0 radical (unpaired) electrons. The third kappa shape index (κ3) is 3.85. The summed E-state index contributed by atoms with van der Waals surface area (Å²) in [4.78, 5) is 12.8. The van der Waals surface area contributed by atoms with Crippen molar-refractivity contribution in [3.05, 3.63) is 65.7 Å². The third-order valence-corrected chi connectivity index (χ3v) is 6.08. The van der Waals surface area contributed by atoms with Crippen molar-refractivity contribution >= 4 is 15.7 Å². The smallest absolute Gasteiger partial charge is 0.251 e. The summed E-state index contributed by atoms with van der Waals surface area (Å²) in [7, 11) is -3.48. The molecule has 1 saturated carbocycles. The number of carbonyl (C=O) groups is 1. The van der Waals surface area contributed by atoms with Crippen molar-refractivity contribution in [2.45, 2.75) is 42.4 Å². The lowest BCUT2D eigenvalue weighted by atomic mass is 10.1. The quantitative estimate of drug-likeness (QED) is 0.906. The van der Waals surface area contributed by atoms with Gasteiger partial charge in [0.25, 0.3) is 5.91 Å². The van der Waals surface area contributed by atoms with Crippen LogP contribution in [0.4, 0.5) is 0 Å². The Morgan fingerprint density at radius 3 is 2.29 bits per heavy atom. The fraction of sp³-hybridized carbons (Fsp3) is 0.316. The molecule has 0 saturated heterocycles. The Balaban J connectivity index is 1.82. The molecule has 126 valence electrons. The van der Waals surface area contributed by atoms with E-state index >= 15 is 0 Å². The molecule has 0 heterocycles. The highest BCUT2D eigenvalue weighted by atomic mass is 32.2. The number of rotatable bonds is 5. The number of sulfone groups is 1. The maximum absolute atomic E-state index is 12.6. The molecule has 1 N–H and O–H groups in total. The molecule has 0 unspecified atom stereocenters. The molecule has 3 rings (SSSR count). The average molecular weight is 343 g/mol. The van der Waals surface area contributed by atoms with Crippen molar-refractivity contribution in [2.75, 3.05) is 0 Å². The predicted molar refractivity (Wildman–Crippen MR) is 93.5 cm³/mol. The minimum atomic E-state index is -3.48. The van der Waals surface area contributed by atoms with E-state index in [1.165, 1.54) is 0 Å². The van der Waals surface area contributed by atoms with Crippen molar-refractivity contribution in [1.82, 2.24) is 5.32 Å². The number of amides is 1. The Labute approximate surface area is 142 Å². The Kier molecular flexibility index (Phi) is 5.00. The van der Waals surface area contributed by atoms with Crippen LogP contribution in [0.1, 0.15) is 41.6 Å². The average Bonchev–Trinajstić information content (AvgIpc) is 3.09. The normalized spacial score (nSPS) is 15.3. The predicted octanol–water partition coefficient (Wildman–Crippen LogP) is 3.33. The second-order valence-corrected chi connectivity index (χ2v) is 8.17. The molecule has 1 aliphatic rings. The van der Waals surface area contributed by atoms with E-state index in [9.17, 15) is 13.2 Å². The topological polar surface area (TPSA) is 63.2 Å². The molecule has 0 aliphatic heterocycles. The lowest BCUT2D eigenvalue weighted by Gasteiger charge is -2.14. The Hall–Kier alpha value is -2.14. The molecule has 5 heteroatoms. The minimum absolute atomic E-state index is 0.175. The van der Waals surface area contributed by atoms with Gasteiger partial charge < -0.3 is 5.32 Å². The molecule has 1 amide bonds. The van der Waals surface area contributed by atoms with Crippen LogP contribution in [-0.4, -0.2) is 20.4 Å². The lowest BCUT2D eigenvalue weighted by Crippen LogP contribution is -2.33. The van der Waals surface area contributed by atoms with E-state index in [2.05, 4.69) is 5.32 Å². The van der Waals surface area contributed by atoms with Crippen LogP contribution in [0.25, 0.3) is 0 Å². The highest BCUT2D eigenvalue weighted by molar-refractivity contribution is 7.90. The molecular weight excluding hydrogens is 322 g/mol. The maximum Gasteiger partial charge on any atom is 0.251 e. The Morgan fingerprint density at radius 2 is 1.58 bits per heavy atom. The standard InChI is InChI=1S/C19H21NO3S/c21-19(20-16-9-5-6-10-16)18-13-7-4-8-15(18)14-24(22,23)17-11-2-1-3-12-17/h1-4,7-8,11-13,16H,5-6,9-10,14H2,(H,20,21). The van der Waals surface area contributed by atoms with Gasteiger partial charge >= 0.3 is 0 Å². The van der Waals surface area contributed by atoms with Gasteiger partial charge in [-0.1, -0.05) is 49.2 Å². The highest BCUT2D eigenvalue weighted by Gasteiger charge is 2.22. The van der Waals surface area contributed by atoms with Gasteiger partial charge in [-0.15, -0.1) is 0 Å². The summed E-state index contributed by atoms with van der Waals surface area (Å²) in [5.74, 6) is -0.355. The summed E-state index contributed by atoms with van der Waals surface area (Å²) in [5.41, 5.74) is 0.987. The van der Waals surface area contributed by atoms with Gasteiger partial charge in [-0.05, 0) is 36.6 Å². The molecule has 4 nitrogen and oxygen atoms in total. The monoisotopic (exact) mass is 343 g/mol. The number of nitrogens with one attached hydrogen (secondary N) is 1. The van der Waals surface area contributed by atoms with Gasteiger partial charge in [0.05, 0.1) is 10.6 Å². The van der Waals surface area contributed by atoms with E-state index < -0.39 is 9.84 Å². The fourth-order valence-corrected chi connectivity index (χ4v) is 4.52. The van der Waals surface area contributed by atoms with Gasteiger partial charge in [0.15, 0.2) is 9.84 Å². The largest absolute Gasteiger partial charge is 0.349 e. The van der Waals surface area contributed by atoms with Crippen LogP contribution < -0.4 is 5.32 Å².